The molecule has 186 valence electrons. The lowest BCUT2D eigenvalue weighted by molar-refractivity contribution is -0.384. The zero-order valence-electron chi connectivity index (χ0n) is 20.4. The van der Waals surface area contributed by atoms with Crippen LogP contribution in [0.5, 0.6) is 5.75 Å². The minimum absolute atomic E-state index is 0.0211. The van der Waals surface area contributed by atoms with Gasteiger partial charge >= 0.3 is 0 Å². The number of hydrogen-bond donors (Lipinski definition) is 0. The monoisotopic (exact) mass is 480 g/mol. The predicted octanol–water partition coefficient (Wildman–Crippen LogP) is 3.11. The number of rotatable bonds is 4. The van der Waals surface area contributed by atoms with Crippen molar-refractivity contribution >= 4 is 23.0 Å². The summed E-state index contributed by atoms with van der Waals surface area (Å²) < 4.78 is 11.5. The smallest absolute Gasteiger partial charge is 0.269 e. The van der Waals surface area contributed by atoms with Crippen molar-refractivity contribution in [2.75, 3.05) is 49.6 Å². The number of anilines is 2. The molecule has 0 saturated carbocycles. The molecule has 0 unspecified atom stereocenters. The highest BCUT2D eigenvalue weighted by molar-refractivity contribution is 5.83. The third-order valence-corrected chi connectivity index (χ3v) is 7.38. The molecule has 1 amide bonds. The highest BCUT2D eigenvalue weighted by Crippen LogP contribution is 2.40. The van der Waals surface area contributed by atoms with Crippen LogP contribution in [-0.4, -0.2) is 73.8 Å². The van der Waals surface area contributed by atoms with E-state index < -0.39 is 0 Å². The maximum atomic E-state index is 14.0. The molecule has 0 bridgehead atoms. The first-order chi connectivity index (χ1) is 16.9. The van der Waals surface area contributed by atoms with Crippen molar-refractivity contribution in [2.45, 2.75) is 38.5 Å². The Morgan fingerprint density at radius 3 is 2.51 bits per heavy atom. The van der Waals surface area contributed by atoms with Crippen molar-refractivity contribution in [3.63, 3.8) is 0 Å². The van der Waals surface area contributed by atoms with E-state index in [1.807, 2.05) is 43.0 Å². The van der Waals surface area contributed by atoms with Crippen molar-refractivity contribution in [1.29, 1.82) is 0 Å². The van der Waals surface area contributed by atoms with Crippen LogP contribution >= 0.6 is 0 Å². The molecule has 3 heterocycles. The zero-order chi connectivity index (χ0) is 24.7. The van der Waals surface area contributed by atoms with Gasteiger partial charge in [-0.2, -0.15) is 0 Å². The standard InChI is InChI=1S/C26H32N4O5/c1-17-14-28(15-18(2)35-17)26(31)21-13-19-12-20(30(32)33)8-9-22(19)29-11-10-27(16-24(21)29)23-6-4-5-7-25(23)34-3/h4-9,12,17-18,21,24H,10-11,13-16H2,1-3H3/t17-,18+,21-,24-/m0/s1. The van der Waals surface area contributed by atoms with Crippen molar-refractivity contribution in [3.8, 4) is 5.75 Å². The summed E-state index contributed by atoms with van der Waals surface area (Å²) in [4.78, 5) is 31.5. The predicted molar refractivity (Wildman–Crippen MR) is 133 cm³/mol. The Kier molecular flexibility index (Phi) is 6.27. The molecule has 2 aromatic carbocycles. The van der Waals surface area contributed by atoms with Gasteiger partial charge in [-0.05, 0) is 44.0 Å². The number of carbonyl (C=O) groups is 1. The third-order valence-electron chi connectivity index (χ3n) is 7.38. The number of piperazine rings is 1. The van der Waals surface area contributed by atoms with Crippen LogP contribution in [0, 0.1) is 16.0 Å². The normalized spacial score (nSPS) is 26.1. The minimum Gasteiger partial charge on any atom is -0.495 e. The fourth-order valence-electron chi connectivity index (χ4n) is 5.91. The summed E-state index contributed by atoms with van der Waals surface area (Å²) in [6, 6.07) is 13.0. The van der Waals surface area contributed by atoms with Crippen molar-refractivity contribution < 1.29 is 19.2 Å². The largest absolute Gasteiger partial charge is 0.495 e. The molecule has 9 heteroatoms. The van der Waals surface area contributed by atoms with Crippen molar-refractivity contribution in [3.05, 3.63) is 58.1 Å². The van der Waals surface area contributed by atoms with Gasteiger partial charge in [0, 0.05) is 50.5 Å². The van der Waals surface area contributed by atoms with Crippen molar-refractivity contribution in [1.82, 2.24) is 4.90 Å². The van der Waals surface area contributed by atoms with E-state index >= 15 is 0 Å². The van der Waals surface area contributed by atoms with E-state index in [4.69, 9.17) is 9.47 Å². The van der Waals surface area contributed by atoms with Gasteiger partial charge in [-0.1, -0.05) is 12.1 Å². The topological polar surface area (TPSA) is 88.4 Å². The summed E-state index contributed by atoms with van der Waals surface area (Å²) in [5.74, 6) is 0.604. The molecule has 0 aromatic heterocycles. The molecule has 3 aliphatic heterocycles. The van der Waals surface area contributed by atoms with Gasteiger partial charge in [0.1, 0.15) is 5.75 Å². The number of nitrogens with zero attached hydrogens (tertiary/aromatic N) is 4. The highest BCUT2D eigenvalue weighted by atomic mass is 16.6. The summed E-state index contributed by atoms with van der Waals surface area (Å²) >= 11 is 0. The van der Waals surface area contributed by atoms with Gasteiger partial charge in [0.05, 0.1) is 41.9 Å². The molecule has 2 saturated heterocycles. The van der Waals surface area contributed by atoms with E-state index in [9.17, 15) is 14.9 Å². The van der Waals surface area contributed by atoms with Crippen LogP contribution in [-0.2, 0) is 16.0 Å². The van der Waals surface area contributed by atoms with Crippen LogP contribution in [0.25, 0.3) is 0 Å². The minimum atomic E-state index is -0.367. The summed E-state index contributed by atoms with van der Waals surface area (Å²) in [6.45, 7) is 7.25. The molecule has 2 aromatic rings. The fourth-order valence-corrected chi connectivity index (χ4v) is 5.91. The Balaban J connectivity index is 1.50. The number of carbonyl (C=O) groups excluding carboxylic acids is 1. The molecule has 3 aliphatic rings. The van der Waals surface area contributed by atoms with E-state index in [0.29, 0.717) is 32.6 Å². The molecular formula is C26H32N4O5. The van der Waals surface area contributed by atoms with E-state index in [1.54, 1.807) is 19.2 Å². The molecular weight excluding hydrogens is 448 g/mol. The summed E-state index contributed by atoms with van der Waals surface area (Å²) in [5, 5.41) is 11.4. The van der Waals surface area contributed by atoms with Gasteiger partial charge in [-0.15, -0.1) is 0 Å². The number of methoxy groups -OCH3 is 1. The van der Waals surface area contributed by atoms with Gasteiger partial charge in [-0.3, -0.25) is 14.9 Å². The molecule has 0 N–H and O–H groups in total. The first-order valence-electron chi connectivity index (χ1n) is 12.2. The zero-order valence-corrected chi connectivity index (χ0v) is 20.4. The maximum Gasteiger partial charge on any atom is 0.269 e. The number of nitro benzene ring substituents is 1. The lowest BCUT2D eigenvalue weighted by Gasteiger charge is -2.50. The number of amides is 1. The number of para-hydroxylation sites is 2. The lowest BCUT2D eigenvalue weighted by atomic mass is 9.82. The van der Waals surface area contributed by atoms with Gasteiger partial charge < -0.3 is 24.2 Å². The van der Waals surface area contributed by atoms with Crippen LogP contribution < -0.4 is 14.5 Å². The average Bonchev–Trinajstić information content (AvgIpc) is 2.86. The molecule has 4 atom stereocenters. The number of ether oxygens (including phenoxy) is 2. The van der Waals surface area contributed by atoms with E-state index in [2.05, 4.69) is 15.9 Å². The summed E-state index contributed by atoms with van der Waals surface area (Å²) in [7, 11) is 1.67. The first-order valence-corrected chi connectivity index (χ1v) is 12.2. The van der Waals surface area contributed by atoms with Crippen LogP contribution in [0.2, 0.25) is 0 Å². The van der Waals surface area contributed by atoms with E-state index in [-0.39, 0.29) is 40.7 Å². The number of nitro groups is 1. The molecule has 0 aliphatic carbocycles. The fraction of sp³-hybridized carbons (Fsp3) is 0.500. The molecule has 2 fully saturated rings. The van der Waals surface area contributed by atoms with Crippen LogP contribution in [0.15, 0.2) is 42.5 Å². The molecule has 0 radical (unpaired) electrons. The third kappa shape index (κ3) is 4.40. The van der Waals surface area contributed by atoms with Crippen LogP contribution in [0.4, 0.5) is 17.1 Å². The van der Waals surface area contributed by atoms with Crippen LogP contribution in [0.1, 0.15) is 19.4 Å². The summed E-state index contributed by atoms with van der Waals surface area (Å²) in [5.41, 5.74) is 2.94. The number of non-ortho nitro benzene ring substituents is 1. The van der Waals surface area contributed by atoms with Crippen molar-refractivity contribution in [2.24, 2.45) is 5.92 Å². The Hall–Kier alpha value is -3.33. The number of morpholine rings is 1. The Morgan fingerprint density at radius 2 is 1.80 bits per heavy atom. The Morgan fingerprint density at radius 1 is 1.06 bits per heavy atom. The Bertz CT molecular complexity index is 1110. The number of hydrogen-bond acceptors (Lipinski definition) is 7. The first kappa shape index (κ1) is 23.4. The SMILES string of the molecule is COc1ccccc1N1CCN2c3ccc([N+](=O)[O-])cc3C[C@H](C(=O)N3C[C@@H](C)O[C@@H](C)C3)[C@@H]2C1. The van der Waals surface area contributed by atoms with Gasteiger partial charge in [0.25, 0.3) is 5.69 Å². The van der Waals surface area contributed by atoms with Gasteiger partial charge in [-0.25, -0.2) is 0 Å². The molecule has 0 spiro atoms. The molecule has 9 nitrogen and oxygen atoms in total. The average molecular weight is 481 g/mol. The van der Waals surface area contributed by atoms with Gasteiger partial charge in [0.2, 0.25) is 5.91 Å². The second kappa shape index (κ2) is 9.37. The highest BCUT2D eigenvalue weighted by Gasteiger charge is 2.44. The molecule has 35 heavy (non-hydrogen) atoms. The summed E-state index contributed by atoms with van der Waals surface area (Å²) in [6.07, 6.45) is 0.441. The van der Waals surface area contributed by atoms with Gasteiger partial charge in [0.15, 0.2) is 0 Å². The van der Waals surface area contributed by atoms with E-state index in [0.717, 1.165) is 29.2 Å². The van der Waals surface area contributed by atoms with Crippen LogP contribution in [0.3, 0.4) is 0 Å². The second-order valence-corrected chi connectivity index (χ2v) is 9.76. The number of fused-ring (bicyclic) bond motifs is 3. The lowest BCUT2D eigenvalue weighted by Crippen LogP contribution is -2.62. The quantitative estimate of drug-likeness (QED) is 0.491. The van der Waals surface area contributed by atoms with E-state index in [1.165, 1.54) is 0 Å². The Labute approximate surface area is 205 Å². The maximum absolute atomic E-state index is 14.0. The number of benzene rings is 2. The second-order valence-electron chi connectivity index (χ2n) is 9.76. The molecule has 5 rings (SSSR count).